The van der Waals surface area contributed by atoms with E-state index >= 15 is 0 Å². The first kappa shape index (κ1) is 12.7. The number of hydrogen-bond donors (Lipinski definition) is 1. The van der Waals surface area contributed by atoms with Gasteiger partial charge in [-0.2, -0.15) is 0 Å². The molecule has 1 saturated heterocycles. The molecule has 2 aliphatic rings. The molecule has 4 nitrogen and oxygen atoms in total. The minimum atomic E-state index is -0.243. The summed E-state index contributed by atoms with van der Waals surface area (Å²) in [5, 5.41) is 2.82. The summed E-state index contributed by atoms with van der Waals surface area (Å²) in [5.74, 6) is 1.79. The lowest BCUT2D eigenvalue weighted by molar-refractivity contribution is -0.141. The van der Waals surface area contributed by atoms with Crippen LogP contribution in [0.1, 0.15) is 32.6 Å². The molecule has 0 radical (unpaired) electrons. The van der Waals surface area contributed by atoms with Crippen LogP contribution in [0.15, 0.2) is 0 Å². The summed E-state index contributed by atoms with van der Waals surface area (Å²) in [6.45, 7) is 2.54. The van der Waals surface area contributed by atoms with Crippen molar-refractivity contribution in [3.8, 4) is 0 Å². The SMILES string of the molecule is CCNC(=O)C1CSCN1C(=O)C1CCCC1. The molecule has 1 N–H and O–H groups in total. The number of hydrogen-bond acceptors (Lipinski definition) is 3. The minimum absolute atomic E-state index is 0.00356. The van der Waals surface area contributed by atoms with Crippen molar-refractivity contribution in [2.45, 2.75) is 38.6 Å². The first-order valence-corrected chi connectivity index (χ1v) is 7.55. The van der Waals surface area contributed by atoms with Gasteiger partial charge in [0, 0.05) is 18.2 Å². The van der Waals surface area contributed by atoms with Crippen molar-refractivity contribution < 1.29 is 9.59 Å². The van der Waals surface area contributed by atoms with Crippen molar-refractivity contribution in [1.82, 2.24) is 10.2 Å². The summed E-state index contributed by atoms with van der Waals surface area (Å²) in [6.07, 6.45) is 4.32. The highest BCUT2D eigenvalue weighted by Gasteiger charge is 2.37. The van der Waals surface area contributed by atoms with Gasteiger partial charge in [-0.05, 0) is 19.8 Å². The van der Waals surface area contributed by atoms with E-state index in [4.69, 9.17) is 0 Å². The first-order valence-electron chi connectivity index (χ1n) is 6.40. The van der Waals surface area contributed by atoms with Crippen LogP contribution in [0.4, 0.5) is 0 Å². The highest BCUT2D eigenvalue weighted by Crippen LogP contribution is 2.30. The van der Waals surface area contributed by atoms with Gasteiger partial charge in [0.15, 0.2) is 0 Å². The molecule has 0 aromatic rings. The maximum absolute atomic E-state index is 12.3. The van der Waals surface area contributed by atoms with Crippen LogP contribution in [-0.2, 0) is 9.59 Å². The topological polar surface area (TPSA) is 49.4 Å². The summed E-state index contributed by atoms with van der Waals surface area (Å²) < 4.78 is 0. The fourth-order valence-electron chi connectivity index (χ4n) is 2.58. The number of nitrogens with zero attached hydrogens (tertiary/aromatic N) is 1. The highest BCUT2D eigenvalue weighted by atomic mass is 32.2. The van der Waals surface area contributed by atoms with Gasteiger partial charge in [0.25, 0.3) is 0 Å². The number of amides is 2. The fourth-order valence-corrected chi connectivity index (χ4v) is 3.74. The first-order chi connectivity index (χ1) is 8.24. The van der Waals surface area contributed by atoms with Crippen molar-refractivity contribution >= 4 is 23.6 Å². The van der Waals surface area contributed by atoms with Crippen LogP contribution >= 0.6 is 11.8 Å². The molecule has 0 aromatic heterocycles. The van der Waals surface area contributed by atoms with Crippen LogP contribution in [0.25, 0.3) is 0 Å². The molecule has 2 rings (SSSR count). The third kappa shape index (κ3) is 2.76. The van der Waals surface area contributed by atoms with E-state index in [-0.39, 0.29) is 23.8 Å². The van der Waals surface area contributed by atoms with Gasteiger partial charge in [-0.15, -0.1) is 11.8 Å². The Bertz CT molecular complexity index is 303. The second kappa shape index (κ2) is 5.76. The minimum Gasteiger partial charge on any atom is -0.355 e. The molecule has 1 saturated carbocycles. The molecule has 96 valence electrons. The second-order valence-corrected chi connectivity index (χ2v) is 5.70. The van der Waals surface area contributed by atoms with Crippen LogP contribution in [0.5, 0.6) is 0 Å². The van der Waals surface area contributed by atoms with Crippen molar-refractivity contribution in [2.75, 3.05) is 18.2 Å². The predicted octanol–water partition coefficient (Wildman–Crippen LogP) is 1.21. The average Bonchev–Trinajstić information content (AvgIpc) is 3.00. The van der Waals surface area contributed by atoms with Crippen LogP contribution < -0.4 is 5.32 Å². The van der Waals surface area contributed by atoms with E-state index in [2.05, 4.69) is 5.32 Å². The standard InChI is InChI=1S/C12H20N2O2S/c1-2-13-11(15)10-7-17-8-14(10)12(16)9-5-3-4-6-9/h9-10H,2-8H2,1H3,(H,13,15). The zero-order valence-corrected chi connectivity index (χ0v) is 11.1. The third-order valence-electron chi connectivity index (χ3n) is 3.52. The Labute approximate surface area is 106 Å². The van der Waals surface area contributed by atoms with Crippen molar-refractivity contribution in [1.29, 1.82) is 0 Å². The van der Waals surface area contributed by atoms with E-state index in [1.54, 1.807) is 16.7 Å². The predicted molar refractivity (Wildman–Crippen MR) is 68.6 cm³/mol. The van der Waals surface area contributed by atoms with E-state index in [1.807, 2.05) is 6.92 Å². The molecule has 2 amide bonds. The van der Waals surface area contributed by atoms with Crippen LogP contribution in [0.2, 0.25) is 0 Å². The van der Waals surface area contributed by atoms with E-state index in [9.17, 15) is 9.59 Å². The molecule has 2 fully saturated rings. The molecule has 0 bridgehead atoms. The highest BCUT2D eigenvalue weighted by molar-refractivity contribution is 7.99. The molecule has 1 aliphatic heterocycles. The number of thioether (sulfide) groups is 1. The maximum Gasteiger partial charge on any atom is 0.243 e. The van der Waals surface area contributed by atoms with Crippen molar-refractivity contribution in [3.63, 3.8) is 0 Å². The van der Waals surface area contributed by atoms with Gasteiger partial charge in [-0.3, -0.25) is 9.59 Å². The molecular weight excluding hydrogens is 236 g/mol. The number of likely N-dealkylation sites (N-methyl/N-ethyl adjacent to an activating group) is 1. The van der Waals surface area contributed by atoms with Gasteiger partial charge in [-0.1, -0.05) is 12.8 Å². The fraction of sp³-hybridized carbons (Fsp3) is 0.833. The smallest absolute Gasteiger partial charge is 0.243 e. The van der Waals surface area contributed by atoms with Gasteiger partial charge in [0.05, 0.1) is 5.88 Å². The quantitative estimate of drug-likeness (QED) is 0.826. The van der Waals surface area contributed by atoms with Gasteiger partial charge in [0.2, 0.25) is 11.8 Å². The number of rotatable bonds is 3. The molecule has 0 aromatic carbocycles. The molecule has 1 aliphatic carbocycles. The lowest BCUT2D eigenvalue weighted by Crippen LogP contribution is -2.48. The normalized spacial score (nSPS) is 25.2. The molecule has 1 heterocycles. The second-order valence-electron chi connectivity index (χ2n) is 4.70. The Hall–Kier alpha value is -0.710. The van der Waals surface area contributed by atoms with E-state index < -0.39 is 0 Å². The van der Waals surface area contributed by atoms with Gasteiger partial charge in [-0.25, -0.2) is 0 Å². The Morgan fingerprint density at radius 2 is 2.06 bits per heavy atom. The lowest BCUT2D eigenvalue weighted by atomic mass is 10.1. The lowest BCUT2D eigenvalue weighted by Gasteiger charge is -2.25. The molecule has 17 heavy (non-hydrogen) atoms. The maximum atomic E-state index is 12.3. The van der Waals surface area contributed by atoms with Gasteiger partial charge < -0.3 is 10.2 Å². The molecular formula is C12H20N2O2S. The zero-order chi connectivity index (χ0) is 12.3. The van der Waals surface area contributed by atoms with Gasteiger partial charge >= 0.3 is 0 Å². The van der Waals surface area contributed by atoms with Crippen molar-refractivity contribution in [3.05, 3.63) is 0 Å². The molecule has 0 spiro atoms. The summed E-state index contributed by atoms with van der Waals surface area (Å²) >= 11 is 1.68. The third-order valence-corrected chi connectivity index (χ3v) is 4.54. The Kier molecular flexibility index (Phi) is 4.31. The van der Waals surface area contributed by atoms with Crippen LogP contribution in [-0.4, -0.2) is 40.9 Å². The van der Waals surface area contributed by atoms with Gasteiger partial charge in [0.1, 0.15) is 6.04 Å². The largest absolute Gasteiger partial charge is 0.355 e. The summed E-state index contributed by atoms with van der Waals surface area (Å²) in [6, 6.07) is -0.243. The van der Waals surface area contributed by atoms with E-state index in [0.29, 0.717) is 12.4 Å². The molecule has 5 heteroatoms. The summed E-state index contributed by atoms with van der Waals surface area (Å²) in [7, 11) is 0. The van der Waals surface area contributed by atoms with E-state index in [1.165, 1.54) is 0 Å². The summed E-state index contributed by atoms with van der Waals surface area (Å²) in [5.41, 5.74) is 0. The average molecular weight is 256 g/mol. The van der Waals surface area contributed by atoms with Crippen molar-refractivity contribution in [2.24, 2.45) is 5.92 Å². The zero-order valence-electron chi connectivity index (χ0n) is 10.3. The molecule has 1 atom stereocenters. The van der Waals surface area contributed by atoms with E-state index in [0.717, 1.165) is 31.4 Å². The number of carbonyl (C=O) groups is 2. The number of carbonyl (C=O) groups excluding carboxylic acids is 2. The Balaban J connectivity index is 1.98. The monoisotopic (exact) mass is 256 g/mol. The van der Waals surface area contributed by atoms with Crippen LogP contribution in [0.3, 0.4) is 0 Å². The Morgan fingerprint density at radius 1 is 1.35 bits per heavy atom. The molecule has 1 unspecified atom stereocenters. The number of nitrogens with one attached hydrogen (secondary N) is 1. The Morgan fingerprint density at radius 3 is 2.71 bits per heavy atom. The van der Waals surface area contributed by atoms with Crippen LogP contribution in [0, 0.1) is 5.92 Å². The summed E-state index contributed by atoms with van der Waals surface area (Å²) in [4.78, 5) is 25.9.